The fourth-order valence-corrected chi connectivity index (χ4v) is 2.13. The summed E-state index contributed by atoms with van der Waals surface area (Å²) < 4.78 is 5.26. The third kappa shape index (κ3) is 1.74. The third-order valence-electron chi connectivity index (χ3n) is 3.06. The molecular weight excluding hydrogens is 224 g/mol. The van der Waals surface area contributed by atoms with Crippen molar-refractivity contribution in [1.29, 1.82) is 0 Å². The molecular formula is C15H14N2O. The lowest BCUT2D eigenvalue weighted by Gasteiger charge is -2.01. The van der Waals surface area contributed by atoms with E-state index in [1.54, 1.807) is 7.11 Å². The molecule has 3 nitrogen and oxygen atoms in total. The summed E-state index contributed by atoms with van der Waals surface area (Å²) in [5.41, 5.74) is 4.33. The molecule has 1 heterocycles. The van der Waals surface area contributed by atoms with Gasteiger partial charge in [-0.25, -0.2) is 0 Å². The van der Waals surface area contributed by atoms with Gasteiger partial charge in [0.15, 0.2) is 0 Å². The number of methoxy groups -OCH3 is 1. The van der Waals surface area contributed by atoms with E-state index >= 15 is 0 Å². The second kappa shape index (κ2) is 4.18. The zero-order valence-corrected chi connectivity index (χ0v) is 10.4. The number of hydrogen-bond donors (Lipinski definition) is 1. The van der Waals surface area contributed by atoms with Crippen LogP contribution in [0.25, 0.3) is 22.2 Å². The summed E-state index contributed by atoms with van der Waals surface area (Å²) in [6.07, 6.45) is 0. The van der Waals surface area contributed by atoms with Crippen molar-refractivity contribution < 1.29 is 4.74 Å². The SMILES string of the molecule is COc1ccc2[nH]nc(-c3cccc(C)c3)c2c1. The highest BCUT2D eigenvalue weighted by Crippen LogP contribution is 2.29. The van der Waals surface area contributed by atoms with Crippen LogP contribution in [0.5, 0.6) is 5.75 Å². The summed E-state index contributed by atoms with van der Waals surface area (Å²) in [6.45, 7) is 2.08. The van der Waals surface area contributed by atoms with Crippen LogP contribution in [0, 0.1) is 6.92 Å². The molecule has 0 saturated heterocycles. The molecule has 1 N–H and O–H groups in total. The van der Waals surface area contributed by atoms with Gasteiger partial charge in [-0.3, -0.25) is 5.10 Å². The Balaban J connectivity index is 2.22. The Labute approximate surface area is 105 Å². The van der Waals surface area contributed by atoms with Crippen LogP contribution in [0.15, 0.2) is 42.5 Å². The Morgan fingerprint density at radius 3 is 2.78 bits per heavy atom. The van der Waals surface area contributed by atoms with E-state index in [2.05, 4.69) is 35.3 Å². The summed E-state index contributed by atoms with van der Waals surface area (Å²) in [7, 11) is 1.67. The predicted molar refractivity (Wildman–Crippen MR) is 72.8 cm³/mol. The Kier molecular flexibility index (Phi) is 2.52. The molecule has 3 rings (SSSR count). The van der Waals surface area contributed by atoms with Crippen molar-refractivity contribution in [2.75, 3.05) is 7.11 Å². The fraction of sp³-hybridized carbons (Fsp3) is 0.133. The molecule has 0 unspecified atom stereocenters. The normalized spacial score (nSPS) is 10.8. The molecule has 0 aliphatic rings. The Morgan fingerprint density at radius 1 is 1.11 bits per heavy atom. The Bertz CT molecular complexity index is 701. The second-order valence-electron chi connectivity index (χ2n) is 4.35. The number of nitrogens with zero attached hydrogens (tertiary/aromatic N) is 1. The lowest BCUT2D eigenvalue weighted by Crippen LogP contribution is -1.83. The van der Waals surface area contributed by atoms with Crippen molar-refractivity contribution in [3.05, 3.63) is 48.0 Å². The monoisotopic (exact) mass is 238 g/mol. The van der Waals surface area contributed by atoms with Crippen LogP contribution < -0.4 is 4.74 Å². The van der Waals surface area contributed by atoms with Crippen molar-refractivity contribution in [3.8, 4) is 17.0 Å². The molecule has 3 heteroatoms. The van der Waals surface area contributed by atoms with Gasteiger partial charge in [0.1, 0.15) is 11.4 Å². The fourth-order valence-electron chi connectivity index (χ4n) is 2.13. The van der Waals surface area contributed by atoms with Crippen LogP contribution in [0.3, 0.4) is 0 Å². The van der Waals surface area contributed by atoms with Gasteiger partial charge in [-0.1, -0.05) is 23.8 Å². The molecule has 0 aliphatic carbocycles. The smallest absolute Gasteiger partial charge is 0.119 e. The van der Waals surface area contributed by atoms with Crippen LogP contribution in [0.4, 0.5) is 0 Å². The summed E-state index contributed by atoms with van der Waals surface area (Å²) in [5, 5.41) is 8.54. The summed E-state index contributed by atoms with van der Waals surface area (Å²) >= 11 is 0. The van der Waals surface area contributed by atoms with E-state index in [9.17, 15) is 0 Å². The van der Waals surface area contributed by atoms with E-state index in [0.717, 1.165) is 27.9 Å². The number of H-pyrrole nitrogens is 1. The molecule has 18 heavy (non-hydrogen) atoms. The minimum atomic E-state index is 0.845. The summed E-state index contributed by atoms with van der Waals surface area (Å²) in [5.74, 6) is 0.845. The first-order valence-electron chi connectivity index (χ1n) is 5.87. The molecule has 0 spiro atoms. The second-order valence-corrected chi connectivity index (χ2v) is 4.35. The maximum absolute atomic E-state index is 5.26. The first-order chi connectivity index (χ1) is 8.78. The number of benzene rings is 2. The predicted octanol–water partition coefficient (Wildman–Crippen LogP) is 3.55. The van der Waals surface area contributed by atoms with E-state index in [4.69, 9.17) is 4.74 Å². The quantitative estimate of drug-likeness (QED) is 0.741. The van der Waals surface area contributed by atoms with Crippen molar-refractivity contribution in [2.45, 2.75) is 6.92 Å². The molecule has 0 amide bonds. The highest BCUT2D eigenvalue weighted by molar-refractivity contribution is 5.93. The van der Waals surface area contributed by atoms with E-state index in [1.807, 2.05) is 24.3 Å². The van der Waals surface area contributed by atoms with Gasteiger partial charge in [-0.15, -0.1) is 0 Å². The number of ether oxygens (including phenoxy) is 1. The number of hydrogen-bond acceptors (Lipinski definition) is 2. The zero-order chi connectivity index (χ0) is 12.5. The number of fused-ring (bicyclic) bond motifs is 1. The van der Waals surface area contributed by atoms with Crippen molar-refractivity contribution in [1.82, 2.24) is 10.2 Å². The molecule has 90 valence electrons. The summed E-state index contributed by atoms with van der Waals surface area (Å²) in [4.78, 5) is 0. The summed E-state index contributed by atoms with van der Waals surface area (Å²) in [6, 6.07) is 14.3. The van der Waals surface area contributed by atoms with Gasteiger partial charge < -0.3 is 4.74 Å². The van der Waals surface area contributed by atoms with E-state index in [0.29, 0.717) is 0 Å². The minimum Gasteiger partial charge on any atom is -0.497 e. The van der Waals surface area contributed by atoms with Crippen molar-refractivity contribution >= 4 is 10.9 Å². The molecule has 0 fully saturated rings. The van der Waals surface area contributed by atoms with Gasteiger partial charge in [0.2, 0.25) is 0 Å². The van der Waals surface area contributed by atoms with Gasteiger partial charge in [-0.2, -0.15) is 5.10 Å². The standard InChI is InChI=1S/C15H14N2O/c1-10-4-3-5-11(8-10)15-13-9-12(18-2)6-7-14(13)16-17-15/h3-9H,1-2H3,(H,16,17). The highest BCUT2D eigenvalue weighted by Gasteiger charge is 2.08. The molecule has 0 aliphatic heterocycles. The van der Waals surface area contributed by atoms with E-state index in [1.165, 1.54) is 5.56 Å². The average molecular weight is 238 g/mol. The highest BCUT2D eigenvalue weighted by atomic mass is 16.5. The lowest BCUT2D eigenvalue weighted by molar-refractivity contribution is 0.415. The number of aromatic nitrogens is 2. The van der Waals surface area contributed by atoms with Crippen LogP contribution >= 0.6 is 0 Å². The van der Waals surface area contributed by atoms with Crippen molar-refractivity contribution in [2.24, 2.45) is 0 Å². The molecule has 0 saturated carbocycles. The van der Waals surface area contributed by atoms with E-state index in [-0.39, 0.29) is 0 Å². The van der Waals surface area contributed by atoms with Gasteiger partial charge in [0, 0.05) is 10.9 Å². The zero-order valence-electron chi connectivity index (χ0n) is 10.4. The molecule has 0 radical (unpaired) electrons. The number of nitrogens with one attached hydrogen (secondary N) is 1. The number of aromatic amines is 1. The van der Waals surface area contributed by atoms with Crippen LogP contribution in [0.2, 0.25) is 0 Å². The number of rotatable bonds is 2. The lowest BCUT2D eigenvalue weighted by atomic mass is 10.1. The topological polar surface area (TPSA) is 37.9 Å². The maximum atomic E-state index is 5.26. The van der Waals surface area contributed by atoms with E-state index < -0.39 is 0 Å². The molecule has 0 atom stereocenters. The first kappa shape index (κ1) is 10.8. The first-order valence-corrected chi connectivity index (χ1v) is 5.87. The third-order valence-corrected chi connectivity index (χ3v) is 3.06. The van der Waals surface area contributed by atoms with Crippen LogP contribution in [-0.2, 0) is 0 Å². The number of aryl methyl sites for hydroxylation is 1. The van der Waals surface area contributed by atoms with Gasteiger partial charge in [0.25, 0.3) is 0 Å². The van der Waals surface area contributed by atoms with Crippen LogP contribution in [-0.4, -0.2) is 17.3 Å². The minimum absolute atomic E-state index is 0.845. The van der Waals surface area contributed by atoms with Crippen molar-refractivity contribution in [3.63, 3.8) is 0 Å². The van der Waals surface area contributed by atoms with Gasteiger partial charge in [0.05, 0.1) is 12.6 Å². The maximum Gasteiger partial charge on any atom is 0.119 e. The Morgan fingerprint density at radius 2 is 2.00 bits per heavy atom. The van der Waals surface area contributed by atoms with Crippen LogP contribution in [0.1, 0.15) is 5.56 Å². The largest absolute Gasteiger partial charge is 0.497 e. The average Bonchev–Trinajstić information content (AvgIpc) is 2.81. The molecule has 0 bridgehead atoms. The molecule has 1 aromatic heterocycles. The van der Waals surface area contributed by atoms with Gasteiger partial charge in [-0.05, 0) is 31.2 Å². The Hall–Kier alpha value is -2.29. The molecule has 3 aromatic rings. The van der Waals surface area contributed by atoms with Gasteiger partial charge >= 0.3 is 0 Å². The molecule has 2 aromatic carbocycles.